The van der Waals surface area contributed by atoms with Crippen molar-refractivity contribution in [1.82, 2.24) is 9.88 Å². The van der Waals surface area contributed by atoms with Gasteiger partial charge in [0.1, 0.15) is 11.8 Å². The van der Waals surface area contributed by atoms with E-state index in [1.165, 1.54) is 12.3 Å². The van der Waals surface area contributed by atoms with Gasteiger partial charge in [0.15, 0.2) is 0 Å². The highest BCUT2D eigenvalue weighted by atomic mass is 16.5. The van der Waals surface area contributed by atoms with Gasteiger partial charge in [-0.1, -0.05) is 0 Å². The number of aromatic nitrogens is 1. The van der Waals surface area contributed by atoms with Gasteiger partial charge in [-0.3, -0.25) is 4.79 Å². The summed E-state index contributed by atoms with van der Waals surface area (Å²) < 4.78 is 9.96. The number of hydrogen-bond donors (Lipinski definition) is 0. The number of carbonyl (C=O) groups is 1. The van der Waals surface area contributed by atoms with Crippen LogP contribution in [0.4, 0.5) is 0 Å². The normalized spacial score (nSPS) is 9.95. The summed E-state index contributed by atoms with van der Waals surface area (Å²) in [5.74, 6) is -0.147. The summed E-state index contributed by atoms with van der Waals surface area (Å²) in [5.41, 5.74) is 0.739. The van der Waals surface area contributed by atoms with Crippen LogP contribution in [0.1, 0.15) is 16.1 Å². The Bertz CT molecular complexity index is 431. The molecule has 0 atom stereocenters. The molecule has 0 spiro atoms. The van der Waals surface area contributed by atoms with Crippen molar-refractivity contribution in [2.45, 2.75) is 0 Å². The molecule has 0 fully saturated rings. The minimum absolute atomic E-state index is 0.147. The van der Waals surface area contributed by atoms with E-state index in [0.717, 1.165) is 0 Å². The fourth-order valence-electron chi connectivity index (χ4n) is 1.49. The summed E-state index contributed by atoms with van der Waals surface area (Å²) in [6, 6.07) is 5.04. The predicted octanol–water partition coefficient (Wildman–Crippen LogP) is 0.688. The maximum atomic E-state index is 12.2. The van der Waals surface area contributed by atoms with Gasteiger partial charge in [-0.05, 0) is 12.1 Å². The fourth-order valence-corrected chi connectivity index (χ4v) is 1.49. The van der Waals surface area contributed by atoms with Crippen LogP contribution in [-0.2, 0) is 9.47 Å². The van der Waals surface area contributed by atoms with E-state index >= 15 is 0 Å². The molecule has 1 heterocycles. The zero-order valence-corrected chi connectivity index (χ0v) is 11.1. The molecule has 0 aliphatic rings. The molecular formula is C13H17N3O3. The third-order valence-corrected chi connectivity index (χ3v) is 2.54. The largest absolute Gasteiger partial charge is 0.383 e. The highest BCUT2D eigenvalue weighted by molar-refractivity contribution is 5.94. The van der Waals surface area contributed by atoms with E-state index in [9.17, 15) is 4.79 Å². The predicted molar refractivity (Wildman–Crippen MR) is 68.6 cm³/mol. The molecule has 6 nitrogen and oxygen atoms in total. The number of carbonyl (C=O) groups excluding carboxylic acids is 1. The van der Waals surface area contributed by atoms with Gasteiger partial charge < -0.3 is 14.4 Å². The van der Waals surface area contributed by atoms with Crippen LogP contribution in [0.2, 0.25) is 0 Å². The molecule has 0 aromatic carbocycles. The fraction of sp³-hybridized carbons (Fsp3) is 0.462. The van der Waals surface area contributed by atoms with Crippen molar-refractivity contribution in [1.29, 1.82) is 5.26 Å². The summed E-state index contributed by atoms with van der Waals surface area (Å²) >= 11 is 0. The summed E-state index contributed by atoms with van der Waals surface area (Å²) in [6.45, 7) is 1.88. The van der Waals surface area contributed by atoms with Gasteiger partial charge in [-0.25, -0.2) is 4.98 Å². The number of amides is 1. The third kappa shape index (κ3) is 4.66. The first-order valence-electron chi connectivity index (χ1n) is 5.86. The molecule has 6 heteroatoms. The first-order chi connectivity index (χ1) is 9.22. The molecule has 0 saturated heterocycles. The van der Waals surface area contributed by atoms with Gasteiger partial charge in [-0.2, -0.15) is 5.26 Å². The Labute approximate surface area is 112 Å². The first-order valence-corrected chi connectivity index (χ1v) is 5.86. The number of methoxy groups -OCH3 is 2. The number of nitrogens with zero attached hydrogens (tertiary/aromatic N) is 3. The lowest BCUT2D eigenvalue weighted by molar-refractivity contribution is 0.0627. The van der Waals surface area contributed by atoms with Gasteiger partial charge >= 0.3 is 0 Å². The average molecular weight is 263 g/mol. The maximum Gasteiger partial charge on any atom is 0.255 e. The van der Waals surface area contributed by atoms with Gasteiger partial charge in [0.25, 0.3) is 5.91 Å². The summed E-state index contributed by atoms with van der Waals surface area (Å²) in [5, 5.41) is 8.67. The smallest absolute Gasteiger partial charge is 0.255 e. The molecule has 1 aromatic rings. The van der Waals surface area contributed by atoms with Crippen molar-refractivity contribution in [3.05, 3.63) is 29.6 Å². The second kappa shape index (κ2) is 8.19. The lowest BCUT2D eigenvalue weighted by Crippen LogP contribution is -2.36. The Hall–Kier alpha value is -1.97. The molecule has 0 radical (unpaired) electrons. The van der Waals surface area contributed by atoms with Crippen molar-refractivity contribution in [3.63, 3.8) is 0 Å². The van der Waals surface area contributed by atoms with Crippen LogP contribution in [0, 0.1) is 11.3 Å². The zero-order chi connectivity index (χ0) is 14.1. The van der Waals surface area contributed by atoms with Gasteiger partial charge in [-0.15, -0.1) is 0 Å². The Morgan fingerprint density at radius 1 is 1.32 bits per heavy atom. The molecule has 0 saturated carbocycles. The van der Waals surface area contributed by atoms with Crippen molar-refractivity contribution in [2.75, 3.05) is 40.5 Å². The lowest BCUT2D eigenvalue weighted by Gasteiger charge is -2.21. The molecular weight excluding hydrogens is 246 g/mol. The van der Waals surface area contributed by atoms with Gasteiger partial charge in [0.05, 0.1) is 18.8 Å². The molecule has 0 unspecified atom stereocenters. The molecule has 0 aliphatic heterocycles. The average Bonchev–Trinajstić information content (AvgIpc) is 2.47. The highest BCUT2D eigenvalue weighted by Gasteiger charge is 2.15. The van der Waals surface area contributed by atoms with E-state index in [1.807, 2.05) is 6.07 Å². The van der Waals surface area contributed by atoms with Crippen LogP contribution in [0.5, 0.6) is 0 Å². The molecule has 1 rings (SSSR count). The molecule has 1 aromatic heterocycles. The van der Waals surface area contributed by atoms with Crippen LogP contribution in [0.25, 0.3) is 0 Å². The Morgan fingerprint density at radius 3 is 2.37 bits per heavy atom. The van der Waals surface area contributed by atoms with E-state index in [1.54, 1.807) is 25.2 Å². The minimum atomic E-state index is -0.147. The second-order valence-electron chi connectivity index (χ2n) is 3.82. The minimum Gasteiger partial charge on any atom is -0.383 e. The quantitative estimate of drug-likeness (QED) is 0.723. The van der Waals surface area contributed by atoms with Gasteiger partial charge in [0.2, 0.25) is 0 Å². The second-order valence-corrected chi connectivity index (χ2v) is 3.82. The van der Waals surface area contributed by atoms with Crippen LogP contribution >= 0.6 is 0 Å². The number of nitriles is 1. The Balaban J connectivity index is 2.75. The standard InChI is InChI=1S/C13H17N3O3/c1-18-7-5-16(6-8-19-2)13(17)11-3-4-12(9-14)15-10-11/h3-4,10H,5-8H2,1-2H3. The SMILES string of the molecule is COCCN(CCOC)C(=O)c1ccc(C#N)nc1. The van der Waals surface area contributed by atoms with E-state index < -0.39 is 0 Å². The molecule has 0 bridgehead atoms. The van der Waals surface area contributed by atoms with Crippen molar-refractivity contribution < 1.29 is 14.3 Å². The number of ether oxygens (including phenoxy) is 2. The van der Waals surface area contributed by atoms with Crippen LogP contribution in [0.15, 0.2) is 18.3 Å². The number of hydrogen-bond acceptors (Lipinski definition) is 5. The lowest BCUT2D eigenvalue weighted by atomic mass is 10.2. The van der Waals surface area contributed by atoms with E-state index in [-0.39, 0.29) is 11.6 Å². The van der Waals surface area contributed by atoms with Crippen LogP contribution in [0.3, 0.4) is 0 Å². The first kappa shape index (κ1) is 15.1. The van der Waals surface area contributed by atoms with Crippen molar-refractivity contribution in [3.8, 4) is 6.07 Å². The topological polar surface area (TPSA) is 75.5 Å². The molecule has 0 aliphatic carbocycles. The Kier molecular flexibility index (Phi) is 6.50. The van der Waals surface area contributed by atoms with Gasteiger partial charge in [0, 0.05) is 33.5 Å². The number of pyridine rings is 1. The van der Waals surface area contributed by atoms with Crippen LogP contribution < -0.4 is 0 Å². The summed E-state index contributed by atoms with van der Waals surface area (Å²) in [6.07, 6.45) is 1.41. The van der Waals surface area contributed by atoms with Crippen molar-refractivity contribution >= 4 is 5.91 Å². The highest BCUT2D eigenvalue weighted by Crippen LogP contribution is 2.05. The van der Waals surface area contributed by atoms with E-state index in [4.69, 9.17) is 14.7 Å². The molecule has 0 N–H and O–H groups in total. The molecule has 1 amide bonds. The monoisotopic (exact) mass is 263 g/mol. The Morgan fingerprint density at radius 2 is 1.95 bits per heavy atom. The van der Waals surface area contributed by atoms with E-state index in [2.05, 4.69) is 4.98 Å². The van der Waals surface area contributed by atoms with Crippen molar-refractivity contribution in [2.24, 2.45) is 0 Å². The summed E-state index contributed by atoms with van der Waals surface area (Å²) in [7, 11) is 3.17. The maximum absolute atomic E-state index is 12.2. The van der Waals surface area contributed by atoms with E-state index in [0.29, 0.717) is 31.9 Å². The molecule has 102 valence electrons. The molecule has 19 heavy (non-hydrogen) atoms. The third-order valence-electron chi connectivity index (χ3n) is 2.54. The zero-order valence-electron chi connectivity index (χ0n) is 11.1. The van der Waals surface area contributed by atoms with Crippen LogP contribution in [-0.4, -0.2) is 56.3 Å². The summed E-state index contributed by atoms with van der Waals surface area (Å²) in [4.78, 5) is 17.8. The number of rotatable bonds is 7.